The van der Waals surface area contributed by atoms with Gasteiger partial charge >= 0.3 is 0 Å². The molecule has 1 aromatic rings. The van der Waals surface area contributed by atoms with Gasteiger partial charge in [0.2, 0.25) is 6.79 Å². The minimum atomic E-state index is 0.154. The lowest BCUT2D eigenvalue weighted by atomic mass is 10.1. The van der Waals surface area contributed by atoms with E-state index < -0.39 is 0 Å². The summed E-state index contributed by atoms with van der Waals surface area (Å²) in [6, 6.07) is 6.20. The van der Waals surface area contributed by atoms with E-state index in [1.165, 1.54) is 0 Å². The van der Waals surface area contributed by atoms with Crippen LogP contribution in [0.25, 0.3) is 0 Å². The molecule has 0 fully saturated rings. The lowest BCUT2D eigenvalue weighted by Crippen LogP contribution is -2.27. The molecule has 1 aromatic carbocycles. The van der Waals surface area contributed by atoms with Gasteiger partial charge in [0.05, 0.1) is 25.9 Å². The molecule has 1 unspecified atom stereocenters. The fraction of sp³-hybridized carbons (Fsp3) is 0.625. The van der Waals surface area contributed by atoms with Gasteiger partial charge in [0.15, 0.2) is 11.5 Å². The van der Waals surface area contributed by atoms with Gasteiger partial charge < -0.3 is 24.3 Å². The lowest BCUT2D eigenvalue weighted by Gasteiger charge is -2.19. The Morgan fingerprint density at radius 2 is 1.95 bits per heavy atom. The van der Waals surface area contributed by atoms with E-state index in [2.05, 4.69) is 18.3 Å². The summed E-state index contributed by atoms with van der Waals surface area (Å²) < 4.78 is 21.8. The van der Waals surface area contributed by atoms with Crippen molar-refractivity contribution in [3.63, 3.8) is 0 Å². The van der Waals surface area contributed by atoms with Crippen molar-refractivity contribution in [1.82, 2.24) is 5.32 Å². The average molecular weight is 295 g/mol. The van der Waals surface area contributed by atoms with E-state index in [1.807, 2.05) is 19.1 Å². The van der Waals surface area contributed by atoms with Crippen molar-refractivity contribution >= 4 is 0 Å². The van der Waals surface area contributed by atoms with Gasteiger partial charge in [-0.25, -0.2) is 0 Å². The molecular formula is C16H25NO4. The number of hydrogen-bond acceptors (Lipinski definition) is 5. The summed E-state index contributed by atoms with van der Waals surface area (Å²) >= 11 is 0. The van der Waals surface area contributed by atoms with Gasteiger partial charge in [0.25, 0.3) is 0 Å². The largest absolute Gasteiger partial charge is 0.454 e. The van der Waals surface area contributed by atoms with E-state index in [0.717, 1.165) is 36.6 Å². The Morgan fingerprint density at radius 3 is 2.76 bits per heavy atom. The molecule has 1 aliphatic rings. The van der Waals surface area contributed by atoms with E-state index in [1.54, 1.807) is 0 Å². The van der Waals surface area contributed by atoms with Crippen LogP contribution in [0.1, 0.15) is 31.9 Å². The maximum absolute atomic E-state index is 5.71. The van der Waals surface area contributed by atoms with Gasteiger partial charge in [0, 0.05) is 6.61 Å². The highest BCUT2D eigenvalue weighted by molar-refractivity contribution is 5.45. The zero-order valence-corrected chi connectivity index (χ0v) is 12.9. The third-order valence-corrected chi connectivity index (χ3v) is 3.30. The molecule has 1 aliphatic heterocycles. The summed E-state index contributed by atoms with van der Waals surface area (Å²) in [7, 11) is 0. The maximum atomic E-state index is 5.71. The van der Waals surface area contributed by atoms with Crippen LogP contribution >= 0.6 is 0 Å². The molecule has 1 N–H and O–H groups in total. The second kappa shape index (κ2) is 8.87. The Morgan fingerprint density at radius 1 is 1.14 bits per heavy atom. The van der Waals surface area contributed by atoms with Crippen LogP contribution in [0.2, 0.25) is 0 Å². The Bertz CT molecular complexity index is 425. The summed E-state index contributed by atoms with van der Waals surface area (Å²) in [5.41, 5.74) is 1.16. The third-order valence-electron chi connectivity index (χ3n) is 3.30. The molecule has 0 aromatic heterocycles. The molecule has 0 radical (unpaired) electrons. The van der Waals surface area contributed by atoms with Gasteiger partial charge in [-0.05, 0) is 37.6 Å². The number of ether oxygens (including phenoxy) is 4. The smallest absolute Gasteiger partial charge is 0.231 e. The van der Waals surface area contributed by atoms with Gasteiger partial charge in [-0.15, -0.1) is 0 Å². The molecule has 0 saturated carbocycles. The van der Waals surface area contributed by atoms with Crippen molar-refractivity contribution in [3.8, 4) is 11.5 Å². The second-order valence-electron chi connectivity index (χ2n) is 4.89. The highest BCUT2D eigenvalue weighted by Crippen LogP contribution is 2.34. The van der Waals surface area contributed by atoms with Crippen LogP contribution in [-0.4, -0.2) is 39.8 Å². The molecule has 0 aliphatic carbocycles. The molecule has 0 bridgehead atoms. The molecular weight excluding hydrogens is 270 g/mol. The van der Waals surface area contributed by atoms with Crippen molar-refractivity contribution in [1.29, 1.82) is 0 Å². The van der Waals surface area contributed by atoms with E-state index >= 15 is 0 Å². The molecule has 118 valence electrons. The molecule has 0 spiro atoms. The first-order chi connectivity index (χ1) is 10.3. The molecule has 5 heteroatoms. The van der Waals surface area contributed by atoms with Crippen molar-refractivity contribution in [2.45, 2.75) is 26.3 Å². The van der Waals surface area contributed by atoms with E-state index in [-0.39, 0.29) is 6.04 Å². The highest BCUT2D eigenvalue weighted by Gasteiger charge is 2.17. The molecule has 0 saturated heterocycles. The van der Waals surface area contributed by atoms with Gasteiger partial charge in [-0.3, -0.25) is 0 Å². The minimum Gasteiger partial charge on any atom is -0.454 e. The number of rotatable bonds is 10. The Balaban J connectivity index is 1.91. The van der Waals surface area contributed by atoms with Crippen molar-refractivity contribution in [3.05, 3.63) is 23.8 Å². The summed E-state index contributed by atoms with van der Waals surface area (Å²) in [6.07, 6.45) is 1.08. The molecule has 0 amide bonds. The second-order valence-corrected chi connectivity index (χ2v) is 4.89. The SMILES string of the molecule is CCCNC(COCCOCC)c1ccc2c(c1)OCO2. The first kappa shape index (κ1) is 16.1. The van der Waals surface area contributed by atoms with Crippen LogP contribution in [0, 0.1) is 0 Å². The van der Waals surface area contributed by atoms with Crippen LogP contribution in [-0.2, 0) is 9.47 Å². The summed E-state index contributed by atoms with van der Waals surface area (Å²) in [5, 5.41) is 3.51. The number of benzene rings is 1. The first-order valence-electron chi connectivity index (χ1n) is 7.63. The third kappa shape index (κ3) is 4.88. The van der Waals surface area contributed by atoms with Gasteiger partial charge in [0.1, 0.15) is 0 Å². The molecule has 21 heavy (non-hydrogen) atoms. The Hall–Kier alpha value is -1.30. The standard InChI is InChI=1S/C16H25NO4/c1-3-7-17-14(11-19-9-8-18-4-2)13-5-6-15-16(10-13)21-12-20-15/h5-6,10,14,17H,3-4,7-9,11-12H2,1-2H3. The van der Waals surface area contributed by atoms with Crippen molar-refractivity contribution < 1.29 is 18.9 Å². The van der Waals surface area contributed by atoms with E-state index in [9.17, 15) is 0 Å². The van der Waals surface area contributed by atoms with Crippen LogP contribution in [0.5, 0.6) is 11.5 Å². The molecule has 1 atom stereocenters. The summed E-state index contributed by atoms with van der Waals surface area (Å²) in [4.78, 5) is 0. The first-order valence-corrected chi connectivity index (χ1v) is 7.63. The predicted molar refractivity (Wildman–Crippen MR) is 80.9 cm³/mol. The van der Waals surface area contributed by atoms with Gasteiger partial charge in [-0.1, -0.05) is 13.0 Å². The lowest BCUT2D eigenvalue weighted by molar-refractivity contribution is 0.0433. The van der Waals surface area contributed by atoms with E-state index in [4.69, 9.17) is 18.9 Å². The van der Waals surface area contributed by atoms with Crippen molar-refractivity contribution in [2.75, 3.05) is 39.8 Å². The van der Waals surface area contributed by atoms with Crippen LogP contribution < -0.4 is 14.8 Å². The van der Waals surface area contributed by atoms with Crippen LogP contribution in [0.3, 0.4) is 0 Å². The quantitative estimate of drug-likeness (QED) is 0.672. The fourth-order valence-electron chi connectivity index (χ4n) is 2.18. The Kier molecular flexibility index (Phi) is 6.79. The topological polar surface area (TPSA) is 49.0 Å². The number of nitrogens with one attached hydrogen (secondary N) is 1. The maximum Gasteiger partial charge on any atom is 0.231 e. The minimum absolute atomic E-state index is 0.154. The number of fused-ring (bicyclic) bond motifs is 1. The highest BCUT2D eigenvalue weighted by atomic mass is 16.7. The van der Waals surface area contributed by atoms with Crippen molar-refractivity contribution in [2.24, 2.45) is 0 Å². The molecule has 2 rings (SSSR count). The fourth-order valence-corrected chi connectivity index (χ4v) is 2.18. The zero-order valence-electron chi connectivity index (χ0n) is 12.9. The normalized spacial score (nSPS) is 14.4. The average Bonchev–Trinajstić information content (AvgIpc) is 2.97. The monoisotopic (exact) mass is 295 g/mol. The molecule has 5 nitrogen and oxygen atoms in total. The summed E-state index contributed by atoms with van der Waals surface area (Å²) in [6.45, 7) is 7.99. The zero-order chi connectivity index (χ0) is 14.9. The summed E-state index contributed by atoms with van der Waals surface area (Å²) in [5.74, 6) is 1.62. The number of hydrogen-bond donors (Lipinski definition) is 1. The Labute approximate surface area is 126 Å². The van der Waals surface area contributed by atoms with E-state index in [0.29, 0.717) is 26.6 Å². The van der Waals surface area contributed by atoms with Crippen LogP contribution in [0.4, 0.5) is 0 Å². The molecule has 1 heterocycles. The van der Waals surface area contributed by atoms with Gasteiger partial charge in [-0.2, -0.15) is 0 Å². The predicted octanol–water partition coefficient (Wildman–Crippen LogP) is 2.51. The van der Waals surface area contributed by atoms with Crippen LogP contribution in [0.15, 0.2) is 18.2 Å².